The molecule has 0 aliphatic rings. The van der Waals surface area contributed by atoms with E-state index in [1.807, 2.05) is 12.1 Å². The third-order valence-corrected chi connectivity index (χ3v) is 4.95. The fourth-order valence-electron chi connectivity index (χ4n) is 2.90. The number of halogens is 1. The van der Waals surface area contributed by atoms with Crippen molar-refractivity contribution in [2.24, 2.45) is 10.2 Å². The fourth-order valence-corrected chi connectivity index (χ4v) is 3.41. The van der Waals surface area contributed by atoms with Crippen LogP contribution in [-0.2, 0) is 0 Å². The van der Waals surface area contributed by atoms with Crippen LogP contribution in [-0.4, -0.2) is 14.2 Å². The molecule has 1 aromatic heterocycles. The maximum atomic E-state index is 13.2. The van der Waals surface area contributed by atoms with E-state index in [4.69, 9.17) is 23.8 Å². The summed E-state index contributed by atoms with van der Waals surface area (Å²) in [7, 11) is 0. The number of hydrogen-bond donors (Lipinski definition) is 1. The molecule has 8 heteroatoms. The number of azo groups is 1. The smallest absolute Gasteiger partial charge is 0.290 e. The SMILES string of the molecule is O=c1c(N=Nc2ccccc2)c(O)n(-c2ccc(Cl)cc2)c(=S)n1-c1ccccc1. The lowest BCUT2D eigenvalue weighted by atomic mass is 10.3. The fraction of sp³-hybridized carbons (Fsp3) is 0. The number of nitrogens with zero attached hydrogens (tertiary/aromatic N) is 4. The summed E-state index contributed by atoms with van der Waals surface area (Å²) in [6.45, 7) is 0. The van der Waals surface area contributed by atoms with Crippen molar-refractivity contribution in [1.82, 2.24) is 9.13 Å². The molecule has 0 radical (unpaired) electrons. The first-order valence-corrected chi connectivity index (χ1v) is 9.74. The van der Waals surface area contributed by atoms with Crippen molar-refractivity contribution in [1.29, 1.82) is 0 Å². The van der Waals surface area contributed by atoms with E-state index >= 15 is 0 Å². The monoisotopic (exact) mass is 434 g/mol. The van der Waals surface area contributed by atoms with Crippen molar-refractivity contribution in [2.45, 2.75) is 0 Å². The first-order valence-electron chi connectivity index (χ1n) is 8.95. The standard InChI is InChI=1S/C22H15ClN4O2S/c23-15-11-13-18(14-12-15)27-21(29)19(25-24-16-7-3-1-4-8-16)20(28)26(22(27)30)17-9-5-2-6-10-17/h1-14,29H. The van der Waals surface area contributed by atoms with Crippen LogP contribution in [0.5, 0.6) is 5.88 Å². The molecule has 4 rings (SSSR count). The van der Waals surface area contributed by atoms with Crippen LogP contribution in [0.15, 0.2) is 100.0 Å². The van der Waals surface area contributed by atoms with Crippen molar-refractivity contribution in [3.63, 3.8) is 0 Å². The molecule has 0 bridgehead atoms. The van der Waals surface area contributed by atoms with Gasteiger partial charge in [0.2, 0.25) is 11.6 Å². The highest BCUT2D eigenvalue weighted by atomic mass is 35.5. The Kier molecular flexibility index (Phi) is 5.56. The molecule has 0 aliphatic heterocycles. The van der Waals surface area contributed by atoms with Crippen molar-refractivity contribution < 1.29 is 5.11 Å². The summed E-state index contributed by atoms with van der Waals surface area (Å²) in [5, 5.41) is 19.6. The Labute approximate surface area is 182 Å². The highest BCUT2D eigenvalue weighted by Gasteiger charge is 2.19. The maximum Gasteiger partial charge on any atom is 0.290 e. The molecule has 6 nitrogen and oxygen atoms in total. The molecule has 30 heavy (non-hydrogen) atoms. The molecule has 0 amide bonds. The van der Waals surface area contributed by atoms with Gasteiger partial charge in [0.25, 0.3) is 5.56 Å². The number of rotatable bonds is 4. The Morgan fingerprint density at radius 3 is 1.97 bits per heavy atom. The Hall–Kier alpha value is -3.55. The van der Waals surface area contributed by atoms with Gasteiger partial charge < -0.3 is 5.11 Å². The molecule has 148 valence electrons. The number of aromatic hydroxyl groups is 1. The molecule has 1 N–H and O–H groups in total. The van der Waals surface area contributed by atoms with Crippen LogP contribution in [0.25, 0.3) is 11.4 Å². The van der Waals surface area contributed by atoms with Crippen LogP contribution in [0.2, 0.25) is 5.02 Å². The van der Waals surface area contributed by atoms with Gasteiger partial charge in [0, 0.05) is 5.02 Å². The molecule has 0 unspecified atom stereocenters. The van der Waals surface area contributed by atoms with E-state index in [0.717, 1.165) is 0 Å². The summed E-state index contributed by atoms with van der Waals surface area (Å²) in [4.78, 5) is 13.2. The third-order valence-electron chi connectivity index (χ3n) is 4.33. The number of hydrogen-bond acceptors (Lipinski definition) is 5. The lowest BCUT2D eigenvalue weighted by Crippen LogP contribution is -2.23. The average molecular weight is 435 g/mol. The maximum absolute atomic E-state index is 13.2. The van der Waals surface area contributed by atoms with Crippen LogP contribution >= 0.6 is 23.8 Å². The van der Waals surface area contributed by atoms with E-state index in [1.54, 1.807) is 72.8 Å². The van der Waals surface area contributed by atoms with Gasteiger partial charge in [0.15, 0.2) is 4.77 Å². The first-order chi connectivity index (χ1) is 14.6. The summed E-state index contributed by atoms with van der Waals surface area (Å²) in [5.41, 5.74) is 0.817. The summed E-state index contributed by atoms with van der Waals surface area (Å²) in [6.07, 6.45) is 0. The van der Waals surface area contributed by atoms with Gasteiger partial charge in [0.1, 0.15) is 0 Å². The van der Waals surface area contributed by atoms with Gasteiger partial charge in [-0.25, -0.2) is 0 Å². The van der Waals surface area contributed by atoms with E-state index in [0.29, 0.717) is 22.1 Å². The normalized spacial score (nSPS) is 11.1. The molecular formula is C22H15ClN4O2S. The molecule has 4 aromatic rings. The van der Waals surface area contributed by atoms with Crippen molar-refractivity contribution >= 4 is 35.2 Å². The predicted octanol–water partition coefficient (Wildman–Crippen LogP) is 6.13. The van der Waals surface area contributed by atoms with Gasteiger partial charge in [-0.2, -0.15) is 5.11 Å². The molecule has 0 spiro atoms. The van der Waals surface area contributed by atoms with Gasteiger partial charge >= 0.3 is 0 Å². The Morgan fingerprint density at radius 1 is 0.767 bits per heavy atom. The zero-order chi connectivity index (χ0) is 21.1. The van der Waals surface area contributed by atoms with E-state index in [1.165, 1.54) is 9.13 Å². The van der Waals surface area contributed by atoms with Crippen molar-refractivity contribution in [2.75, 3.05) is 0 Å². The first kappa shape index (κ1) is 19.8. The zero-order valence-corrected chi connectivity index (χ0v) is 17.1. The van der Waals surface area contributed by atoms with Crippen LogP contribution in [0.4, 0.5) is 11.4 Å². The number of para-hydroxylation sites is 1. The average Bonchev–Trinajstić information content (AvgIpc) is 2.76. The lowest BCUT2D eigenvalue weighted by molar-refractivity contribution is 0.432. The second kappa shape index (κ2) is 8.44. The summed E-state index contributed by atoms with van der Waals surface area (Å²) in [6, 6.07) is 24.6. The van der Waals surface area contributed by atoms with Gasteiger partial charge in [-0.1, -0.05) is 48.0 Å². The van der Waals surface area contributed by atoms with E-state index < -0.39 is 11.4 Å². The largest absolute Gasteiger partial charge is 0.492 e. The van der Waals surface area contributed by atoms with Gasteiger partial charge in [-0.15, -0.1) is 5.11 Å². The summed E-state index contributed by atoms with van der Waals surface area (Å²) >= 11 is 11.6. The van der Waals surface area contributed by atoms with E-state index in [9.17, 15) is 9.90 Å². The quantitative estimate of drug-likeness (QED) is 0.310. The lowest BCUT2D eigenvalue weighted by Gasteiger charge is -2.16. The molecule has 0 saturated carbocycles. The second-order valence-electron chi connectivity index (χ2n) is 6.28. The molecule has 0 fully saturated rings. The minimum Gasteiger partial charge on any atom is -0.492 e. The summed E-state index contributed by atoms with van der Waals surface area (Å²) < 4.78 is 2.76. The van der Waals surface area contributed by atoms with Crippen molar-refractivity contribution in [3.05, 3.63) is 105 Å². The molecule has 0 atom stereocenters. The number of benzene rings is 3. The van der Waals surface area contributed by atoms with Gasteiger partial charge in [-0.05, 0) is 60.7 Å². The number of aromatic nitrogens is 2. The van der Waals surface area contributed by atoms with E-state index in [-0.39, 0.29) is 10.5 Å². The van der Waals surface area contributed by atoms with Crippen molar-refractivity contribution in [3.8, 4) is 17.3 Å². The highest BCUT2D eigenvalue weighted by molar-refractivity contribution is 7.71. The third kappa shape index (κ3) is 3.80. The molecular weight excluding hydrogens is 420 g/mol. The van der Waals surface area contributed by atoms with Crippen LogP contribution in [0, 0.1) is 4.77 Å². The topological polar surface area (TPSA) is 71.9 Å². The van der Waals surface area contributed by atoms with Crippen LogP contribution in [0.3, 0.4) is 0 Å². The molecule has 0 saturated heterocycles. The van der Waals surface area contributed by atoms with Crippen LogP contribution in [0.1, 0.15) is 0 Å². The van der Waals surface area contributed by atoms with Gasteiger partial charge in [-0.3, -0.25) is 13.9 Å². The van der Waals surface area contributed by atoms with E-state index in [2.05, 4.69) is 10.2 Å². The minimum absolute atomic E-state index is 0.0877. The van der Waals surface area contributed by atoms with Crippen LogP contribution < -0.4 is 5.56 Å². The Bertz CT molecular complexity index is 1330. The summed E-state index contributed by atoms with van der Waals surface area (Å²) in [5.74, 6) is -0.404. The molecule has 3 aromatic carbocycles. The predicted molar refractivity (Wildman–Crippen MR) is 119 cm³/mol. The highest BCUT2D eigenvalue weighted by Crippen LogP contribution is 2.29. The molecule has 1 heterocycles. The molecule has 0 aliphatic carbocycles. The second-order valence-corrected chi connectivity index (χ2v) is 7.08. The minimum atomic E-state index is -0.575. The Morgan fingerprint density at radius 2 is 1.33 bits per heavy atom. The Balaban J connectivity index is 2.01. The van der Waals surface area contributed by atoms with Gasteiger partial charge in [0.05, 0.1) is 17.1 Å². The zero-order valence-electron chi connectivity index (χ0n) is 15.5.